The van der Waals surface area contributed by atoms with Crippen LogP contribution in [-0.4, -0.2) is 5.78 Å². The summed E-state index contributed by atoms with van der Waals surface area (Å²) in [7, 11) is 0. The van der Waals surface area contributed by atoms with Gasteiger partial charge in [0.1, 0.15) is 0 Å². The number of rotatable bonds is 3. The minimum absolute atomic E-state index is 0.192. The largest absolute Gasteiger partial charge is 0.358 e. The highest BCUT2D eigenvalue weighted by molar-refractivity contribution is 5.96. The Morgan fingerprint density at radius 2 is 1.54 bits per heavy atom. The first-order valence-electron chi connectivity index (χ1n) is 8.33. The van der Waals surface area contributed by atoms with Gasteiger partial charge in [0, 0.05) is 29.3 Å². The minimum Gasteiger partial charge on any atom is -0.358 e. The SMILES string of the molecule is O=C1C=C(Nc2cccc3ccccc23)C[C@H](c2ccccc2)C1. The molecule has 0 aromatic heterocycles. The van der Waals surface area contributed by atoms with Crippen molar-refractivity contribution in [3.05, 3.63) is 90.1 Å². The first kappa shape index (κ1) is 14.7. The molecular weight excluding hydrogens is 294 g/mol. The van der Waals surface area contributed by atoms with E-state index in [0.29, 0.717) is 6.42 Å². The molecule has 2 heteroatoms. The van der Waals surface area contributed by atoms with E-state index in [1.807, 2.05) is 36.4 Å². The third kappa shape index (κ3) is 2.95. The van der Waals surface area contributed by atoms with Crippen LogP contribution in [0.15, 0.2) is 84.6 Å². The standard InChI is InChI=1S/C22H19NO/c24-20-14-18(16-7-2-1-3-8-16)13-19(15-20)23-22-12-6-10-17-9-4-5-11-21(17)22/h1-12,15,18,23H,13-14H2/t18-/m0/s1. The lowest BCUT2D eigenvalue weighted by Gasteiger charge is -2.24. The first-order valence-corrected chi connectivity index (χ1v) is 8.33. The average molecular weight is 313 g/mol. The van der Waals surface area contributed by atoms with Crippen molar-refractivity contribution in [3.8, 4) is 0 Å². The normalized spacial score (nSPS) is 17.6. The molecule has 118 valence electrons. The van der Waals surface area contributed by atoms with Crippen molar-refractivity contribution in [2.24, 2.45) is 0 Å². The Morgan fingerprint density at radius 1 is 0.792 bits per heavy atom. The summed E-state index contributed by atoms with van der Waals surface area (Å²) < 4.78 is 0. The number of anilines is 1. The zero-order valence-corrected chi connectivity index (χ0v) is 13.4. The number of ketones is 1. The van der Waals surface area contributed by atoms with Crippen LogP contribution in [0, 0.1) is 0 Å². The van der Waals surface area contributed by atoms with Crippen LogP contribution in [0.2, 0.25) is 0 Å². The summed E-state index contributed by atoms with van der Waals surface area (Å²) in [5, 5.41) is 5.87. The van der Waals surface area contributed by atoms with E-state index in [1.54, 1.807) is 6.08 Å². The number of carbonyl (C=O) groups excluding carboxylic acids is 1. The van der Waals surface area contributed by atoms with Gasteiger partial charge in [-0.25, -0.2) is 0 Å². The topological polar surface area (TPSA) is 29.1 Å². The summed E-state index contributed by atoms with van der Waals surface area (Å²) >= 11 is 0. The zero-order chi connectivity index (χ0) is 16.4. The van der Waals surface area contributed by atoms with Crippen LogP contribution in [0.3, 0.4) is 0 Å². The molecule has 1 aliphatic carbocycles. The molecule has 0 unspecified atom stereocenters. The Labute approximate surface area is 141 Å². The lowest BCUT2D eigenvalue weighted by atomic mass is 9.85. The average Bonchev–Trinajstić information content (AvgIpc) is 2.62. The summed E-state index contributed by atoms with van der Waals surface area (Å²) in [4.78, 5) is 12.2. The highest BCUT2D eigenvalue weighted by atomic mass is 16.1. The molecule has 0 amide bonds. The Kier molecular flexibility index (Phi) is 3.87. The minimum atomic E-state index is 0.192. The van der Waals surface area contributed by atoms with Gasteiger partial charge < -0.3 is 5.32 Å². The van der Waals surface area contributed by atoms with Crippen LogP contribution >= 0.6 is 0 Å². The van der Waals surface area contributed by atoms with Crippen LogP contribution < -0.4 is 5.32 Å². The van der Waals surface area contributed by atoms with Gasteiger partial charge in [0.05, 0.1) is 0 Å². The lowest BCUT2D eigenvalue weighted by molar-refractivity contribution is -0.115. The van der Waals surface area contributed by atoms with E-state index in [0.717, 1.165) is 17.8 Å². The molecule has 3 aromatic rings. The van der Waals surface area contributed by atoms with E-state index in [4.69, 9.17) is 0 Å². The summed E-state index contributed by atoms with van der Waals surface area (Å²) in [6.45, 7) is 0. The van der Waals surface area contributed by atoms with E-state index in [2.05, 4.69) is 41.7 Å². The van der Waals surface area contributed by atoms with Crippen molar-refractivity contribution in [1.29, 1.82) is 0 Å². The zero-order valence-electron chi connectivity index (χ0n) is 13.4. The fourth-order valence-electron chi connectivity index (χ4n) is 3.45. The van der Waals surface area contributed by atoms with Crippen molar-refractivity contribution in [2.75, 3.05) is 5.32 Å². The molecule has 3 aromatic carbocycles. The Morgan fingerprint density at radius 3 is 2.42 bits per heavy atom. The number of hydrogen-bond acceptors (Lipinski definition) is 2. The third-order valence-electron chi connectivity index (χ3n) is 4.60. The highest BCUT2D eigenvalue weighted by Crippen LogP contribution is 2.33. The maximum atomic E-state index is 12.2. The van der Waals surface area contributed by atoms with Crippen molar-refractivity contribution in [2.45, 2.75) is 18.8 Å². The van der Waals surface area contributed by atoms with Gasteiger partial charge in [-0.15, -0.1) is 0 Å². The second-order valence-corrected chi connectivity index (χ2v) is 6.30. The molecule has 0 spiro atoms. The monoisotopic (exact) mass is 313 g/mol. The molecule has 0 fully saturated rings. The summed E-state index contributed by atoms with van der Waals surface area (Å²) in [6.07, 6.45) is 3.21. The Bertz CT molecular complexity index is 906. The van der Waals surface area contributed by atoms with Crippen molar-refractivity contribution in [3.63, 3.8) is 0 Å². The summed E-state index contributed by atoms with van der Waals surface area (Å²) in [5.41, 5.74) is 3.29. The van der Waals surface area contributed by atoms with Crippen LogP contribution in [0.4, 0.5) is 5.69 Å². The molecular formula is C22H19NO. The van der Waals surface area contributed by atoms with Gasteiger partial charge in [0.25, 0.3) is 0 Å². The van der Waals surface area contributed by atoms with Gasteiger partial charge in [0.15, 0.2) is 5.78 Å². The van der Waals surface area contributed by atoms with Crippen LogP contribution in [0.1, 0.15) is 24.3 Å². The predicted octanol–water partition coefficient (Wildman–Crippen LogP) is 5.28. The van der Waals surface area contributed by atoms with Gasteiger partial charge in [0.2, 0.25) is 0 Å². The van der Waals surface area contributed by atoms with Crippen molar-refractivity contribution in [1.82, 2.24) is 0 Å². The van der Waals surface area contributed by atoms with E-state index in [-0.39, 0.29) is 11.7 Å². The molecule has 0 saturated carbocycles. The molecule has 1 N–H and O–H groups in total. The maximum absolute atomic E-state index is 12.2. The van der Waals surface area contributed by atoms with E-state index in [1.165, 1.54) is 16.3 Å². The summed E-state index contributed by atoms with van der Waals surface area (Å²) in [5.74, 6) is 0.444. The van der Waals surface area contributed by atoms with Crippen LogP contribution in [0.25, 0.3) is 10.8 Å². The maximum Gasteiger partial charge on any atom is 0.158 e. The number of fused-ring (bicyclic) bond motifs is 1. The molecule has 4 rings (SSSR count). The lowest BCUT2D eigenvalue weighted by Crippen LogP contribution is -2.16. The van der Waals surface area contributed by atoms with E-state index >= 15 is 0 Å². The fraction of sp³-hybridized carbons (Fsp3) is 0.136. The van der Waals surface area contributed by atoms with Gasteiger partial charge in [-0.1, -0.05) is 66.7 Å². The van der Waals surface area contributed by atoms with Crippen molar-refractivity contribution >= 4 is 22.2 Å². The molecule has 1 atom stereocenters. The molecule has 0 saturated heterocycles. The third-order valence-corrected chi connectivity index (χ3v) is 4.60. The first-order chi connectivity index (χ1) is 11.8. The predicted molar refractivity (Wildman–Crippen MR) is 99.1 cm³/mol. The van der Waals surface area contributed by atoms with Gasteiger partial charge in [-0.2, -0.15) is 0 Å². The number of benzene rings is 3. The number of allylic oxidation sites excluding steroid dienone is 2. The molecule has 2 nitrogen and oxygen atoms in total. The number of nitrogens with one attached hydrogen (secondary N) is 1. The number of carbonyl (C=O) groups is 1. The van der Waals surface area contributed by atoms with E-state index < -0.39 is 0 Å². The number of hydrogen-bond donors (Lipinski definition) is 1. The van der Waals surface area contributed by atoms with Crippen LogP contribution in [-0.2, 0) is 4.79 Å². The van der Waals surface area contributed by atoms with Gasteiger partial charge in [-0.3, -0.25) is 4.79 Å². The van der Waals surface area contributed by atoms with Gasteiger partial charge >= 0.3 is 0 Å². The highest BCUT2D eigenvalue weighted by Gasteiger charge is 2.22. The van der Waals surface area contributed by atoms with Gasteiger partial charge in [-0.05, 0) is 29.4 Å². The Hall–Kier alpha value is -2.87. The second kappa shape index (κ2) is 6.32. The fourth-order valence-corrected chi connectivity index (χ4v) is 3.45. The molecule has 1 aliphatic rings. The second-order valence-electron chi connectivity index (χ2n) is 6.30. The van der Waals surface area contributed by atoms with E-state index in [9.17, 15) is 4.79 Å². The quantitative estimate of drug-likeness (QED) is 0.712. The van der Waals surface area contributed by atoms with Crippen molar-refractivity contribution < 1.29 is 4.79 Å². The molecule has 0 heterocycles. The smallest absolute Gasteiger partial charge is 0.158 e. The molecule has 0 aliphatic heterocycles. The Balaban J connectivity index is 1.63. The molecule has 24 heavy (non-hydrogen) atoms. The summed E-state index contributed by atoms with van der Waals surface area (Å²) in [6, 6.07) is 24.8. The molecule has 0 radical (unpaired) electrons. The molecule has 0 bridgehead atoms. The van der Waals surface area contributed by atoms with Crippen LogP contribution in [0.5, 0.6) is 0 Å².